The van der Waals surface area contributed by atoms with Gasteiger partial charge in [-0.2, -0.15) is 0 Å². The highest BCUT2D eigenvalue weighted by molar-refractivity contribution is 7.91. The zero-order chi connectivity index (χ0) is 18.0. The first-order valence-electron chi connectivity index (χ1n) is 9.36. The molecule has 142 valence electrons. The predicted molar refractivity (Wildman–Crippen MR) is 93.0 cm³/mol. The molecule has 0 spiro atoms. The van der Waals surface area contributed by atoms with Crippen LogP contribution >= 0.6 is 0 Å². The molecular weight excluding hydrogens is 344 g/mol. The van der Waals surface area contributed by atoms with Gasteiger partial charge in [0.05, 0.1) is 18.1 Å². The summed E-state index contributed by atoms with van der Waals surface area (Å²) < 4.78 is 23.8. The number of carbonyl (C=O) groups is 2. The summed E-state index contributed by atoms with van der Waals surface area (Å²) in [5.41, 5.74) is 0. The minimum absolute atomic E-state index is 0.0532. The van der Waals surface area contributed by atoms with Gasteiger partial charge in [-0.25, -0.2) is 8.42 Å². The molecule has 7 nitrogen and oxygen atoms in total. The Morgan fingerprint density at radius 2 is 1.68 bits per heavy atom. The fourth-order valence-electron chi connectivity index (χ4n) is 4.60. The second-order valence-corrected chi connectivity index (χ2v) is 9.85. The van der Waals surface area contributed by atoms with Gasteiger partial charge in [0.2, 0.25) is 5.91 Å². The van der Waals surface area contributed by atoms with Crippen molar-refractivity contribution in [3.05, 3.63) is 0 Å². The lowest BCUT2D eigenvalue weighted by Crippen LogP contribution is -2.54. The van der Waals surface area contributed by atoms with E-state index in [0.29, 0.717) is 19.4 Å². The van der Waals surface area contributed by atoms with Crippen molar-refractivity contribution in [1.82, 2.24) is 9.80 Å². The summed E-state index contributed by atoms with van der Waals surface area (Å²) in [6.45, 7) is 0.703. The van der Waals surface area contributed by atoms with E-state index in [4.69, 9.17) is 0 Å². The van der Waals surface area contributed by atoms with Crippen molar-refractivity contribution in [2.75, 3.05) is 24.6 Å². The van der Waals surface area contributed by atoms with Gasteiger partial charge in [-0.05, 0) is 38.6 Å². The van der Waals surface area contributed by atoms with Crippen LogP contribution in [0.1, 0.15) is 51.4 Å². The van der Waals surface area contributed by atoms with E-state index < -0.39 is 21.8 Å². The Kier molecular flexibility index (Phi) is 5.68. The fourth-order valence-corrected chi connectivity index (χ4v) is 6.31. The Morgan fingerprint density at radius 1 is 1.00 bits per heavy atom. The van der Waals surface area contributed by atoms with Crippen molar-refractivity contribution in [1.29, 1.82) is 0 Å². The molecule has 2 aliphatic heterocycles. The van der Waals surface area contributed by atoms with E-state index in [2.05, 4.69) is 0 Å². The van der Waals surface area contributed by atoms with Crippen LogP contribution in [0.4, 0.5) is 0 Å². The summed E-state index contributed by atoms with van der Waals surface area (Å²) in [7, 11) is -3.06. The highest BCUT2D eigenvalue weighted by Gasteiger charge is 2.40. The largest absolute Gasteiger partial charge is 0.480 e. The molecule has 0 bridgehead atoms. The number of carboxylic acid groups (broad SMARTS) is 1. The molecule has 2 atom stereocenters. The van der Waals surface area contributed by atoms with E-state index in [0.717, 1.165) is 38.5 Å². The third-order valence-corrected chi connectivity index (χ3v) is 7.60. The molecule has 0 aromatic carbocycles. The van der Waals surface area contributed by atoms with Crippen molar-refractivity contribution in [2.45, 2.75) is 69.5 Å². The van der Waals surface area contributed by atoms with Crippen molar-refractivity contribution < 1.29 is 23.1 Å². The first-order chi connectivity index (χ1) is 11.9. The number of amides is 1. The summed E-state index contributed by atoms with van der Waals surface area (Å²) in [5, 5.41) is 9.41. The number of rotatable bonds is 5. The van der Waals surface area contributed by atoms with Crippen LogP contribution in [0.25, 0.3) is 0 Å². The quantitative estimate of drug-likeness (QED) is 0.770. The Morgan fingerprint density at radius 3 is 2.28 bits per heavy atom. The Bertz CT molecular complexity index is 615. The molecule has 0 aromatic rings. The van der Waals surface area contributed by atoms with Crippen molar-refractivity contribution in [3.63, 3.8) is 0 Å². The molecule has 1 N–H and O–H groups in total. The molecule has 0 aromatic heterocycles. The van der Waals surface area contributed by atoms with Gasteiger partial charge in [0.25, 0.3) is 0 Å². The average molecular weight is 372 g/mol. The second kappa shape index (κ2) is 7.61. The molecule has 3 fully saturated rings. The third-order valence-electron chi connectivity index (χ3n) is 5.84. The second-order valence-electron chi connectivity index (χ2n) is 7.62. The molecule has 2 unspecified atom stereocenters. The summed E-state index contributed by atoms with van der Waals surface area (Å²) in [5.74, 6) is -0.766. The molecule has 0 radical (unpaired) electrons. The summed E-state index contributed by atoms with van der Waals surface area (Å²) in [6, 6.07) is -0.733. The molecule has 25 heavy (non-hydrogen) atoms. The maximum Gasteiger partial charge on any atom is 0.320 e. The lowest BCUT2D eigenvalue weighted by molar-refractivity contribution is -0.147. The Hall–Kier alpha value is -1.15. The molecule has 3 rings (SSSR count). The van der Waals surface area contributed by atoms with Crippen LogP contribution in [-0.4, -0.2) is 77.9 Å². The zero-order valence-electron chi connectivity index (χ0n) is 14.6. The first kappa shape index (κ1) is 18.6. The molecule has 2 saturated heterocycles. The lowest BCUT2D eigenvalue weighted by atomic mass is 10.0. The number of carboxylic acids is 1. The van der Waals surface area contributed by atoms with Crippen molar-refractivity contribution in [3.8, 4) is 0 Å². The fraction of sp³-hybridized carbons (Fsp3) is 0.882. The molecular formula is C17H28N2O5S. The Balaban J connectivity index is 1.73. The predicted octanol–water partition coefficient (Wildman–Crippen LogP) is 0.884. The molecule has 3 aliphatic rings. The number of hydrogen-bond donors (Lipinski definition) is 1. The zero-order valence-corrected chi connectivity index (χ0v) is 15.4. The molecule has 2 heterocycles. The molecule has 8 heteroatoms. The minimum Gasteiger partial charge on any atom is -0.480 e. The van der Waals surface area contributed by atoms with Gasteiger partial charge < -0.3 is 10.0 Å². The van der Waals surface area contributed by atoms with E-state index in [-0.39, 0.29) is 36.0 Å². The lowest BCUT2D eigenvalue weighted by Gasteiger charge is -2.38. The summed E-state index contributed by atoms with van der Waals surface area (Å²) in [4.78, 5) is 28.1. The number of hydrogen-bond acceptors (Lipinski definition) is 5. The number of aliphatic carboxylic acids is 1. The molecule has 1 aliphatic carbocycles. The SMILES string of the molecule is O=C(O)C1CCCCN1CC(=O)N(C1CCCC1)C1CCS(=O)(=O)C1. The van der Waals surface area contributed by atoms with Gasteiger partial charge in [0, 0.05) is 12.1 Å². The van der Waals surface area contributed by atoms with Gasteiger partial charge in [0.15, 0.2) is 9.84 Å². The van der Waals surface area contributed by atoms with E-state index in [9.17, 15) is 23.1 Å². The highest BCUT2D eigenvalue weighted by atomic mass is 32.2. The maximum absolute atomic E-state index is 13.1. The van der Waals surface area contributed by atoms with Gasteiger partial charge >= 0.3 is 5.97 Å². The van der Waals surface area contributed by atoms with Gasteiger partial charge in [-0.1, -0.05) is 19.3 Å². The Labute approximate surface area is 149 Å². The standard InChI is InChI=1S/C17H28N2O5S/c20-16(11-18-9-4-3-7-15(18)17(21)22)19(13-5-1-2-6-13)14-8-10-25(23,24)12-14/h13-15H,1-12H2,(H,21,22). The van der Waals surface area contributed by atoms with Gasteiger partial charge in [0.1, 0.15) is 6.04 Å². The van der Waals surface area contributed by atoms with Crippen molar-refractivity contribution >= 4 is 21.7 Å². The monoisotopic (exact) mass is 372 g/mol. The number of nitrogens with zero attached hydrogens (tertiary/aromatic N) is 2. The maximum atomic E-state index is 13.1. The van der Waals surface area contributed by atoms with Crippen LogP contribution in [0.3, 0.4) is 0 Å². The van der Waals surface area contributed by atoms with Gasteiger partial charge in [-0.3, -0.25) is 14.5 Å². The summed E-state index contributed by atoms with van der Waals surface area (Å²) in [6.07, 6.45) is 6.82. The van der Waals surface area contributed by atoms with Crippen LogP contribution in [0.15, 0.2) is 0 Å². The minimum atomic E-state index is -3.06. The average Bonchev–Trinajstić information content (AvgIpc) is 3.18. The van der Waals surface area contributed by atoms with Gasteiger partial charge in [-0.15, -0.1) is 0 Å². The smallest absolute Gasteiger partial charge is 0.320 e. The molecule has 1 saturated carbocycles. The van der Waals surface area contributed by atoms with Crippen LogP contribution in [0, 0.1) is 0 Å². The number of sulfone groups is 1. The van der Waals surface area contributed by atoms with E-state index in [1.807, 2.05) is 4.90 Å². The topological polar surface area (TPSA) is 95.0 Å². The number of piperidine rings is 1. The summed E-state index contributed by atoms with van der Waals surface area (Å²) >= 11 is 0. The van der Waals surface area contributed by atoms with Crippen LogP contribution < -0.4 is 0 Å². The normalized spacial score (nSPS) is 30.4. The van der Waals surface area contributed by atoms with Crippen LogP contribution in [0.2, 0.25) is 0 Å². The van der Waals surface area contributed by atoms with E-state index in [1.54, 1.807) is 4.90 Å². The molecule has 1 amide bonds. The van der Waals surface area contributed by atoms with E-state index >= 15 is 0 Å². The number of likely N-dealkylation sites (tertiary alicyclic amines) is 1. The first-order valence-corrected chi connectivity index (χ1v) is 11.2. The third kappa shape index (κ3) is 4.34. The van der Waals surface area contributed by atoms with E-state index in [1.165, 1.54) is 0 Å². The van der Waals surface area contributed by atoms with Crippen LogP contribution in [-0.2, 0) is 19.4 Å². The van der Waals surface area contributed by atoms with Crippen molar-refractivity contribution in [2.24, 2.45) is 0 Å². The number of carbonyl (C=O) groups excluding carboxylic acids is 1. The van der Waals surface area contributed by atoms with Crippen LogP contribution in [0.5, 0.6) is 0 Å². The highest BCUT2D eigenvalue weighted by Crippen LogP contribution is 2.30.